The van der Waals surface area contributed by atoms with Gasteiger partial charge in [-0.25, -0.2) is 0 Å². The molecule has 1 unspecified atom stereocenters. The summed E-state index contributed by atoms with van der Waals surface area (Å²) in [4.78, 5) is 0. The van der Waals surface area contributed by atoms with E-state index in [0.717, 1.165) is 16.1 Å². The van der Waals surface area contributed by atoms with Crippen LogP contribution < -0.4 is 5.73 Å². The number of benzene rings is 2. The minimum absolute atomic E-state index is 0.116. The highest BCUT2D eigenvalue weighted by Crippen LogP contribution is 2.25. The maximum Gasteiger partial charge on any atom is 0.0554 e. The van der Waals surface area contributed by atoms with Crippen molar-refractivity contribution in [2.45, 2.75) is 19.9 Å². The molecule has 88 valence electrons. The van der Waals surface area contributed by atoms with Gasteiger partial charge in [0.15, 0.2) is 0 Å². The lowest BCUT2D eigenvalue weighted by atomic mass is 9.95. The maximum absolute atomic E-state index is 6.28. The van der Waals surface area contributed by atoms with Crippen LogP contribution in [-0.2, 0) is 0 Å². The summed E-state index contributed by atoms with van der Waals surface area (Å²) in [6.45, 7) is 4.18. The summed E-state index contributed by atoms with van der Waals surface area (Å²) in [5, 5.41) is 0.725. The number of aryl methyl sites for hydroxylation is 2. The third kappa shape index (κ3) is 2.68. The van der Waals surface area contributed by atoms with E-state index in [0.29, 0.717) is 0 Å². The van der Waals surface area contributed by atoms with E-state index >= 15 is 0 Å². The predicted octanol–water partition coefficient (Wildman–Crippen LogP) is 4.00. The normalized spacial score (nSPS) is 12.5. The standard InChI is InChI=1S/C15H16ClN/c1-10-6-7-14(11(2)8-10)15(17)12-4-3-5-13(16)9-12/h3-9,15H,17H2,1-2H3. The SMILES string of the molecule is Cc1ccc(C(N)c2cccc(Cl)c2)c(C)c1. The van der Waals surface area contributed by atoms with Gasteiger partial charge in [-0.2, -0.15) is 0 Å². The molecule has 0 amide bonds. The second-order valence-electron chi connectivity index (χ2n) is 4.39. The molecule has 0 aromatic heterocycles. The fourth-order valence-electron chi connectivity index (χ4n) is 2.05. The van der Waals surface area contributed by atoms with Crippen molar-refractivity contribution in [1.29, 1.82) is 0 Å². The zero-order chi connectivity index (χ0) is 12.4. The first-order chi connectivity index (χ1) is 8.08. The molecule has 0 aliphatic rings. The molecule has 0 saturated heterocycles. The van der Waals surface area contributed by atoms with Crippen LogP contribution >= 0.6 is 11.6 Å². The van der Waals surface area contributed by atoms with Gasteiger partial charge in [-0.15, -0.1) is 0 Å². The van der Waals surface area contributed by atoms with Crippen molar-refractivity contribution >= 4 is 11.6 Å². The number of hydrogen-bond donors (Lipinski definition) is 1. The summed E-state index contributed by atoms with van der Waals surface area (Å²) in [6, 6.07) is 13.9. The molecule has 2 N–H and O–H groups in total. The van der Waals surface area contributed by atoms with Crippen molar-refractivity contribution in [3.63, 3.8) is 0 Å². The topological polar surface area (TPSA) is 26.0 Å². The Kier molecular flexibility index (Phi) is 3.51. The summed E-state index contributed by atoms with van der Waals surface area (Å²) in [5.41, 5.74) is 10.9. The van der Waals surface area contributed by atoms with Gasteiger partial charge in [-0.3, -0.25) is 0 Å². The van der Waals surface area contributed by atoms with Crippen molar-refractivity contribution in [3.8, 4) is 0 Å². The molecule has 2 aromatic rings. The Morgan fingerprint density at radius 2 is 1.82 bits per heavy atom. The number of rotatable bonds is 2. The lowest BCUT2D eigenvalue weighted by molar-refractivity contribution is 0.861. The van der Waals surface area contributed by atoms with E-state index in [4.69, 9.17) is 17.3 Å². The average Bonchev–Trinajstić information content (AvgIpc) is 2.28. The fraction of sp³-hybridized carbons (Fsp3) is 0.200. The van der Waals surface area contributed by atoms with Crippen LogP contribution in [0, 0.1) is 13.8 Å². The van der Waals surface area contributed by atoms with Crippen molar-refractivity contribution < 1.29 is 0 Å². The van der Waals surface area contributed by atoms with Gasteiger partial charge in [0.2, 0.25) is 0 Å². The van der Waals surface area contributed by atoms with Gasteiger partial charge in [0.25, 0.3) is 0 Å². The van der Waals surface area contributed by atoms with E-state index in [2.05, 4.69) is 32.0 Å². The molecule has 17 heavy (non-hydrogen) atoms. The van der Waals surface area contributed by atoms with Crippen LogP contribution in [0.2, 0.25) is 5.02 Å². The Bertz CT molecular complexity index is 534. The Morgan fingerprint density at radius 3 is 2.47 bits per heavy atom. The molecule has 0 aliphatic heterocycles. The molecule has 2 aromatic carbocycles. The van der Waals surface area contributed by atoms with Crippen molar-refractivity contribution in [2.24, 2.45) is 5.73 Å². The summed E-state index contributed by atoms with van der Waals surface area (Å²) < 4.78 is 0. The molecular formula is C15H16ClN. The van der Waals surface area contributed by atoms with Gasteiger partial charge in [-0.1, -0.05) is 47.5 Å². The second kappa shape index (κ2) is 4.91. The molecule has 2 rings (SSSR count). The predicted molar refractivity (Wildman–Crippen MR) is 73.4 cm³/mol. The monoisotopic (exact) mass is 245 g/mol. The highest BCUT2D eigenvalue weighted by Gasteiger charge is 2.11. The van der Waals surface area contributed by atoms with Crippen LogP contribution in [0.15, 0.2) is 42.5 Å². The summed E-state index contributed by atoms with van der Waals surface area (Å²) in [5.74, 6) is 0. The van der Waals surface area contributed by atoms with Gasteiger partial charge in [0, 0.05) is 5.02 Å². The average molecular weight is 246 g/mol. The van der Waals surface area contributed by atoms with Crippen molar-refractivity contribution in [2.75, 3.05) is 0 Å². The molecular weight excluding hydrogens is 230 g/mol. The molecule has 0 radical (unpaired) electrons. The highest BCUT2D eigenvalue weighted by molar-refractivity contribution is 6.30. The molecule has 0 bridgehead atoms. The third-order valence-electron chi connectivity index (χ3n) is 2.97. The molecule has 0 fully saturated rings. The fourth-order valence-corrected chi connectivity index (χ4v) is 2.25. The lowest BCUT2D eigenvalue weighted by Gasteiger charge is -2.16. The van der Waals surface area contributed by atoms with E-state index in [-0.39, 0.29) is 6.04 Å². The molecule has 1 atom stereocenters. The van der Waals surface area contributed by atoms with Gasteiger partial charge in [0.05, 0.1) is 6.04 Å². The zero-order valence-corrected chi connectivity index (χ0v) is 10.8. The van der Waals surface area contributed by atoms with Crippen LogP contribution in [0.5, 0.6) is 0 Å². The van der Waals surface area contributed by atoms with E-state index in [1.165, 1.54) is 11.1 Å². The minimum atomic E-state index is -0.116. The summed E-state index contributed by atoms with van der Waals surface area (Å²) in [7, 11) is 0. The van der Waals surface area contributed by atoms with Gasteiger partial charge < -0.3 is 5.73 Å². The second-order valence-corrected chi connectivity index (χ2v) is 4.83. The van der Waals surface area contributed by atoms with Gasteiger partial charge in [-0.05, 0) is 42.7 Å². The Labute approximate surface area is 107 Å². The molecule has 1 nitrogen and oxygen atoms in total. The lowest BCUT2D eigenvalue weighted by Crippen LogP contribution is -2.13. The third-order valence-corrected chi connectivity index (χ3v) is 3.20. The Balaban J connectivity index is 2.40. The van der Waals surface area contributed by atoms with Gasteiger partial charge >= 0.3 is 0 Å². The van der Waals surface area contributed by atoms with Crippen LogP contribution in [-0.4, -0.2) is 0 Å². The van der Waals surface area contributed by atoms with Crippen LogP contribution in [0.1, 0.15) is 28.3 Å². The number of halogens is 1. The van der Waals surface area contributed by atoms with Crippen LogP contribution in [0.25, 0.3) is 0 Å². The Morgan fingerprint density at radius 1 is 1.06 bits per heavy atom. The molecule has 0 aliphatic carbocycles. The summed E-state index contributed by atoms with van der Waals surface area (Å²) in [6.07, 6.45) is 0. The first kappa shape index (κ1) is 12.2. The number of nitrogens with two attached hydrogens (primary N) is 1. The quantitative estimate of drug-likeness (QED) is 0.850. The molecule has 2 heteroatoms. The van der Waals surface area contributed by atoms with E-state index in [1.54, 1.807) is 0 Å². The highest BCUT2D eigenvalue weighted by atomic mass is 35.5. The van der Waals surface area contributed by atoms with E-state index < -0.39 is 0 Å². The van der Waals surface area contributed by atoms with Crippen LogP contribution in [0.3, 0.4) is 0 Å². The first-order valence-corrected chi connectivity index (χ1v) is 6.04. The van der Waals surface area contributed by atoms with Crippen molar-refractivity contribution in [3.05, 3.63) is 69.7 Å². The van der Waals surface area contributed by atoms with E-state index in [9.17, 15) is 0 Å². The maximum atomic E-state index is 6.28. The van der Waals surface area contributed by atoms with Gasteiger partial charge in [0.1, 0.15) is 0 Å². The van der Waals surface area contributed by atoms with Crippen molar-refractivity contribution in [1.82, 2.24) is 0 Å². The largest absolute Gasteiger partial charge is 0.320 e. The van der Waals surface area contributed by atoms with E-state index in [1.807, 2.05) is 24.3 Å². The first-order valence-electron chi connectivity index (χ1n) is 5.66. The Hall–Kier alpha value is -1.31. The molecule has 0 spiro atoms. The summed E-state index contributed by atoms with van der Waals surface area (Å²) >= 11 is 5.99. The smallest absolute Gasteiger partial charge is 0.0554 e. The molecule has 0 heterocycles. The zero-order valence-electron chi connectivity index (χ0n) is 10.1. The minimum Gasteiger partial charge on any atom is -0.320 e. The number of hydrogen-bond acceptors (Lipinski definition) is 1. The molecule has 0 saturated carbocycles. The van der Waals surface area contributed by atoms with Crippen LogP contribution in [0.4, 0.5) is 0 Å².